The van der Waals surface area contributed by atoms with Crippen LogP contribution in [0.5, 0.6) is 0 Å². The van der Waals surface area contributed by atoms with Crippen LogP contribution in [0.2, 0.25) is 0 Å². The Morgan fingerprint density at radius 3 is 2.56 bits per heavy atom. The summed E-state index contributed by atoms with van der Waals surface area (Å²) in [5.74, 6) is 1.82. The maximum atomic E-state index is 4.46. The van der Waals surface area contributed by atoms with Gasteiger partial charge in [-0.05, 0) is 19.1 Å². The average Bonchev–Trinajstić information content (AvgIpc) is 2.81. The lowest BCUT2D eigenvalue weighted by Crippen LogP contribution is -2.16. The maximum Gasteiger partial charge on any atom is 0.191 e. The van der Waals surface area contributed by atoms with E-state index in [2.05, 4.69) is 20.6 Å². The van der Waals surface area contributed by atoms with Gasteiger partial charge in [0.15, 0.2) is 5.16 Å². The zero-order chi connectivity index (χ0) is 11.4. The molecule has 1 saturated carbocycles. The first-order chi connectivity index (χ1) is 7.81. The molecule has 5 heteroatoms. The topological polar surface area (TPSA) is 49.8 Å². The van der Waals surface area contributed by atoms with Gasteiger partial charge in [0, 0.05) is 19.2 Å². The van der Waals surface area contributed by atoms with Crippen molar-refractivity contribution in [3.05, 3.63) is 6.07 Å². The third-order valence-corrected chi connectivity index (χ3v) is 3.40. The zero-order valence-electron chi connectivity index (χ0n) is 9.79. The van der Waals surface area contributed by atoms with Gasteiger partial charge in [0.05, 0.1) is 0 Å². The first-order valence-electron chi connectivity index (χ1n) is 5.69. The molecule has 0 atom stereocenters. The minimum absolute atomic E-state index is 0.592. The Bertz CT molecular complexity index is 328. The molecular weight excluding hydrogens is 220 g/mol. The third-order valence-electron chi connectivity index (χ3n) is 2.85. The fraction of sp³-hybridized carbons (Fsp3) is 0.636. The van der Waals surface area contributed by atoms with Crippen molar-refractivity contribution in [1.82, 2.24) is 9.97 Å². The summed E-state index contributed by atoms with van der Waals surface area (Å²) in [6, 6.07) is 2.56. The maximum absolute atomic E-state index is 4.46. The van der Waals surface area contributed by atoms with Gasteiger partial charge in [0.2, 0.25) is 0 Å². The Kier molecular flexibility index (Phi) is 3.88. The molecule has 1 fully saturated rings. The second-order valence-corrected chi connectivity index (χ2v) is 4.77. The third kappa shape index (κ3) is 2.78. The Hall–Kier alpha value is -0.970. The fourth-order valence-electron chi connectivity index (χ4n) is 2.00. The van der Waals surface area contributed by atoms with Crippen LogP contribution in [0.4, 0.5) is 11.6 Å². The summed E-state index contributed by atoms with van der Waals surface area (Å²) in [6.45, 7) is 0. The van der Waals surface area contributed by atoms with Crippen molar-refractivity contribution in [2.75, 3.05) is 23.9 Å². The summed E-state index contributed by atoms with van der Waals surface area (Å²) in [5.41, 5.74) is 0. The van der Waals surface area contributed by atoms with Crippen LogP contribution in [0.1, 0.15) is 25.7 Å². The standard InChI is InChI=1S/C11H18N4S/c1-12-9-7-10(15-11(14-9)16-2)13-8-5-3-4-6-8/h7-8H,3-6H2,1-2H3,(H2,12,13,14,15). The van der Waals surface area contributed by atoms with Gasteiger partial charge in [-0.2, -0.15) is 0 Å². The molecule has 0 aromatic carbocycles. The SMILES string of the molecule is CNc1cc(NC2CCCC2)nc(SC)n1. The lowest BCUT2D eigenvalue weighted by Gasteiger charge is -2.13. The molecule has 16 heavy (non-hydrogen) atoms. The van der Waals surface area contributed by atoms with Crippen molar-refractivity contribution in [3.63, 3.8) is 0 Å². The number of nitrogens with zero attached hydrogens (tertiary/aromatic N) is 2. The van der Waals surface area contributed by atoms with E-state index in [9.17, 15) is 0 Å². The minimum Gasteiger partial charge on any atom is -0.373 e. The predicted molar refractivity (Wildman–Crippen MR) is 69.2 cm³/mol. The highest BCUT2D eigenvalue weighted by Gasteiger charge is 2.15. The first kappa shape index (κ1) is 11.5. The van der Waals surface area contributed by atoms with Gasteiger partial charge in [0.25, 0.3) is 0 Å². The summed E-state index contributed by atoms with van der Waals surface area (Å²) in [6.07, 6.45) is 7.17. The summed E-state index contributed by atoms with van der Waals surface area (Å²) in [4.78, 5) is 8.81. The summed E-state index contributed by atoms with van der Waals surface area (Å²) in [5, 5.41) is 7.36. The van der Waals surface area contributed by atoms with Gasteiger partial charge in [0.1, 0.15) is 11.6 Å². The van der Waals surface area contributed by atoms with E-state index in [0.717, 1.165) is 16.8 Å². The minimum atomic E-state index is 0.592. The summed E-state index contributed by atoms with van der Waals surface area (Å²) in [7, 11) is 1.88. The van der Waals surface area contributed by atoms with Crippen LogP contribution < -0.4 is 10.6 Å². The number of aromatic nitrogens is 2. The Morgan fingerprint density at radius 2 is 1.94 bits per heavy atom. The molecule has 1 aromatic heterocycles. The molecule has 0 unspecified atom stereocenters. The number of thioether (sulfide) groups is 1. The van der Waals surface area contributed by atoms with Crippen molar-refractivity contribution in [2.24, 2.45) is 0 Å². The molecule has 4 nitrogen and oxygen atoms in total. The molecule has 2 N–H and O–H groups in total. The second-order valence-electron chi connectivity index (χ2n) is 4.00. The first-order valence-corrected chi connectivity index (χ1v) is 6.91. The number of hydrogen-bond donors (Lipinski definition) is 2. The highest BCUT2D eigenvalue weighted by atomic mass is 32.2. The van der Waals surface area contributed by atoms with Crippen LogP contribution in [0.3, 0.4) is 0 Å². The Morgan fingerprint density at radius 1 is 1.25 bits per heavy atom. The molecule has 2 rings (SSSR count). The highest BCUT2D eigenvalue weighted by Crippen LogP contribution is 2.23. The summed E-state index contributed by atoms with van der Waals surface area (Å²) >= 11 is 1.57. The fourth-order valence-corrected chi connectivity index (χ4v) is 2.38. The van der Waals surface area contributed by atoms with Crippen molar-refractivity contribution in [2.45, 2.75) is 36.9 Å². The molecule has 1 heterocycles. The van der Waals surface area contributed by atoms with E-state index in [4.69, 9.17) is 0 Å². The normalized spacial score (nSPS) is 16.4. The second kappa shape index (κ2) is 5.39. The lowest BCUT2D eigenvalue weighted by molar-refractivity contribution is 0.746. The van der Waals surface area contributed by atoms with Gasteiger partial charge in [-0.25, -0.2) is 9.97 Å². The molecule has 1 aliphatic rings. The number of anilines is 2. The molecule has 88 valence electrons. The van der Waals surface area contributed by atoms with Gasteiger partial charge in [-0.15, -0.1) is 0 Å². The van der Waals surface area contributed by atoms with E-state index >= 15 is 0 Å². The van der Waals surface area contributed by atoms with Crippen molar-refractivity contribution >= 4 is 23.4 Å². The number of rotatable bonds is 4. The quantitative estimate of drug-likeness (QED) is 0.624. The largest absolute Gasteiger partial charge is 0.373 e. The molecule has 0 aliphatic heterocycles. The molecule has 1 aliphatic carbocycles. The van der Waals surface area contributed by atoms with E-state index in [1.807, 2.05) is 19.4 Å². The van der Waals surface area contributed by atoms with E-state index in [1.54, 1.807) is 11.8 Å². The smallest absolute Gasteiger partial charge is 0.191 e. The Labute approximate surface area is 101 Å². The van der Waals surface area contributed by atoms with Gasteiger partial charge >= 0.3 is 0 Å². The van der Waals surface area contributed by atoms with Crippen LogP contribution in [0.15, 0.2) is 11.2 Å². The molecule has 0 saturated heterocycles. The lowest BCUT2D eigenvalue weighted by atomic mass is 10.2. The zero-order valence-corrected chi connectivity index (χ0v) is 10.6. The highest BCUT2D eigenvalue weighted by molar-refractivity contribution is 7.98. The van der Waals surface area contributed by atoms with Gasteiger partial charge < -0.3 is 10.6 Å². The van der Waals surface area contributed by atoms with Crippen LogP contribution in [-0.2, 0) is 0 Å². The average molecular weight is 238 g/mol. The molecule has 0 radical (unpaired) electrons. The van der Waals surface area contributed by atoms with Crippen LogP contribution >= 0.6 is 11.8 Å². The number of hydrogen-bond acceptors (Lipinski definition) is 5. The van der Waals surface area contributed by atoms with E-state index in [-0.39, 0.29) is 0 Å². The monoisotopic (exact) mass is 238 g/mol. The van der Waals surface area contributed by atoms with Crippen molar-refractivity contribution < 1.29 is 0 Å². The van der Waals surface area contributed by atoms with Gasteiger partial charge in [-0.3, -0.25) is 0 Å². The summed E-state index contributed by atoms with van der Waals surface area (Å²) < 4.78 is 0. The molecule has 1 aromatic rings. The van der Waals surface area contributed by atoms with E-state index in [1.165, 1.54) is 25.7 Å². The van der Waals surface area contributed by atoms with Crippen molar-refractivity contribution in [1.29, 1.82) is 0 Å². The molecule has 0 amide bonds. The van der Waals surface area contributed by atoms with Crippen molar-refractivity contribution in [3.8, 4) is 0 Å². The van der Waals surface area contributed by atoms with Crippen LogP contribution in [0, 0.1) is 0 Å². The van der Waals surface area contributed by atoms with E-state index < -0.39 is 0 Å². The van der Waals surface area contributed by atoms with Crippen LogP contribution in [0.25, 0.3) is 0 Å². The predicted octanol–water partition coefficient (Wildman–Crippen LogP) is 2.59. The molecule has 0 spiro atoms. The molecular formula is C11H18N4S. The molecule has 0 bridgehead atoms. The van der Waals surface area contributed by atoms with E-state index in [0.29, 0.717) is 6.04 Å². The van der Waals surface area contributed by atoms with Crippen LogP contribution in [-0.4, -0.2) is 29.3 Å². The Balaban J connectivity index is 2.12. The number of nitrogens with one attached hydrogen (secondary N) is 2. The van der Waals surface area contributed by atoms with Gasteiger partial charge in [-0.1, -0.05) is 24.6 Å².